The molecule has 0 amide bonds. The fourth-order valence-electron chi connectivity index (χ4n) is 1.76. The van der Waals surface area contributed by atoms with E-state index in [1.165, 1.54) is 0 Å². The van der Waals surface area contributed by atoms with Gasteiger partial charge >= 0.3 is 0 Å². The van der Waals surface area contributed by atoms with E-state index in [-0.39, 0.29) is 11.5 Å². The van der Waals surface area contributed by atoms with Crippen LogP contribution in [0.3, 0.4) is 0 Å². The predicted molar refractivity (Wildman–Crippen MR) is 80.1 cm³/mol. The summed E-state index contributed by atoms with van der Waals surface area (Å²) in [6.07, 6.45) is 1.12. The zero-order valence-corrected chi connectivity index (χ0v) is 13.3. The lowest BCUT2D eigenvalue weighted by Gasteiger charge is -2.21. The number of hydrogen-bond acceptors (Lipinski definition) is 5. The molecule has 1 atom stereocenters. The van der Waals surface area contributed by atoms with Gasteiger partial charge in [0.15, 0.2) is 15.0 Å². The molecule has 1 aliphatic heterocycles. The minimum Gasteiger partial charge on any atom is -0.364 e. The Bertz CT molecular complexity index is 397. The number of sulfone groups is 1. The average molecular weight is 292 g/mol. The molecule has 0 aromatic rings. The van der Waals surface area contributed by atoms with Crippen LogP contribution in [0.15, 0.2) is 4.99 Å². The van der Waals surface area contributed by atoms with Crippen LogP contribution in [0.4, 0.5) is 0 Å². The molecule has 1 unspecified atom stereocenters. The second kappa shape index (κ2) is 6.28. The van der Waals surface area contributed by atoms with Crippen LogP contribution in [0.25, 0.3) is 0 Å². The first kappa shape index (κ1) is 15.8. The van der Waals surface area contributed by atoms with E-state index < -0.39 is 9.84 Å². The van der Waals surface area contributed by atoms with Crippen LogP contribution in [-0.4, -0.2) is 43.4 Å². The van der Waals surface area contributed by atoms with Gasteiger partial charge in [-0.3, -0.25) is 4.99 Å². The summed E-state index contributed by atoms with van der Waals surface area (Å²) < 4.78 is 22.7. The molecule has 4 nitrogen and oxygen atoms in total. The average Bonchev–Trinajstić information content (AvgIpc) is 2.63. The molecule has 0 bridgehead atoms. The van der Waals surface area contributed by atoms with Gasteiger partial charge in [-0.2, -0.15) is 0 Å². The molecule has 0 fully saturated rings. The van der Waals surface area contributed by atoms with Gasteiger partial charge in [0.05, 0.1) is 12.3 Å². The van der Waals surface area contributed by atoms with Crippen molar-refractivity contribution in [2.45, 2.75) is 39.4 Å². The molecule has 0 saturated heterocycles. The standard InChI is InChI=1S/C12H24N2O2S2/c1-5-18(15,16)7-6-13-11-14-9-10(17-11)8-12(2,3)4/h10H,5-9H2,1-4H3,(H,13,14). The van der Waals surface area contributed by atoms with Crippen LogP contribution < -0.4 is 5.32 Å². The van der Waals surface area contributed by atoms with Gasteiger partial charge in [0.25, 0.3) is 0 Å². The molecule has 0 aromatic heterocycles. The molecule has 1 rings (SSSR count). The van der Waals surface area contributed by atoms with E-state index >= 15 is 0 Å². The molecule has 1 aliphatic rings. The molecule has 1 heterocycles. The molecule has 18 heavy (non-hydrogen) atoms. The first-order chi connectivity index (χ1) is 8.22. The van der Waals surface area contributed by atoms with Crippen molar-refractivity contribution in [2.75, 3.05) is 24.6 Å². The number of nitrogens with zero attached hydrogens (tertiary/aromatic N) is 1. The monoisotopic (exact) mass is 292 g/mol. The first-order valence-corrected chi connectivity index (χ1v) is 9.07. The van der Waals surface area contributed by atoms with E-state index in [4.69, 9.17) is 0 Å². The highest BCUT2D eigenvalue weighted by molar-refractivity contribution is 8.14. The molecule has 0 spiro atoms. The van der Waals surface area contributed by atoms with Crippen LogP contribution in [0.5, 0.6) is 0 Å². The SMILES string of the molecule is CCS(=O)(=O)CCNC1=NCC(CC(C)(C)C)S1. The van der Waals surface area contributed by atoms with Gasteiger partial charge in [-0.05, 0) is 11.8 Å². The number of aliphatic imine (C=N–C) groups is 1. The summed E-state index contributed by atoms with van der Waals surface area (Å²) in [7, 11) is -2.88. The van der Waals surface area contributed by atoms with E-state index in [0.29, 0.717) is 17.2 Å². The molecule has 1 N–H and O–H groups in total. The molecular formula is C12H24N2O2S2. The Balaban J connectivity index is 2.27. The van der Waals surface area contributed by atoms with Crippen molar-refractivity contribution in [2.24, 2.45) is 10.4 Å². The second-order valence-corrected chi connectivity index (χ2v) is 9.58. The van der Waals surface area contributed by atoms with E-state index in [1.807, 2.05) is 0 Å². The Labute approximate surface area is 115 Å². The summed E-state index contributed by atoms with van der Waals surface area (Å²) >= 11 is 1.74. The van der Waals surface area contributed by atoms with E-state index in [0.717, 1.165) is 18.1 Å². The van der Waals surface area contributed by atoms with Crippen LogP contribution >= 0.6 is 11.8 Å². The largest absolute Gasteiger partial charge is 0.364 e. The zero-order chi connectivity index (χ0) is 13.8. The molecule has 0 aromatic carbocycles. The third-order valence-electron chi connectivity index (χ3n) is 2.69. The molecular weight excluding hydrogens is 268 g/mol. The van der Waals surface area contributed by atoms with E-state index in [1.54, 1.807) is 18.7 Å². The minimum absolute atomic E-state index is 0.188. The predicted octanol–water partition coefficient (Wildman–Crippen LogP) is 1.92. The van der Waals surface area contributed by atoms with Gasteiger partial charge in [0, 0.05) is 17.5 Å². The van der Waals surface area contributed by atoms with Crippen molar-refractivity contribution in [3.05, 3.63) is 0 Å². The highest BCUT2D eigenvalue weighted by Crippen LogP contribution is 2.31. The van der Waals surface area contributed by atoms with Crippen molar-refractivity contribution in [1.82, 2.24) is 5.32 Å². The Morgan fingerprint density at radius 1 is 1.44 bits per heavy atom. The lowest BCUT2D eigenvalue weighted by molar-refractivity contribution is 0.375. The molecule has 0 aliphatic carbocycles. The highest BCUT2D eigenvalue weighted by Gasteiger charge is 2.24. The van der Waals surface area contributed by atoms with Gasteiger partial charge in [-0.25, -0.2) is 8.42 Å². The number of rotatable bonds is 5. The fourth-order valence-corrected chi connectivity index (χ4v) is 3.85. The molecule has 0 saturated carbocycles. The highest BCUT2D eigenvalue weighted by atomic mass is 32.2. The normalized spacial score (nSPS) is 20.9. The van der Waals surface area contributed by atoms with Crippen LogP contribution in [-0.2, 0) is 9.84 Å². The summed E-state index contributed by atoms with van der Waals surface area (Å²) in [4.78, 5) is 4.42. The van der Waals surface area contributed by atoms with Gasteiger partial charge in [-0.15, -0.1) is 0 Å². The second-order valence-electron chi connectivity index (χ2n) is 5.81. The van der Waals surface area contributed by atoms with Crippen LogP contribution in [0.2, 0.25) is 0 Å². The number of nitrogens with one attached hydrogen (secondary N) is 1. The minimum atomic E-state index is -2.88. The summed E-state index contributed by atoms with van der Waals surface area (Å²) in [6, 6.07) is 0. The topological polar surface area (TPSA) is 58.5 Å². The van der Waals surface area contributed by atoms with Crippen molar-refractivity contribution in [1.29, 1.82) is 0 Å². The molecule has 106 valence electrons. The fraction of sp³-hybridized carbons (Fsp3) is 0.917. The van der Waals surface area contributed by atoms with Gasteiger partial charge in [0.2, 0.25) is 0 Å². The lowest BCUT2D eigenvalue weighted by Crippen LogP contribution is -2.27. The van der Waals surface area contributed by atoms with Crippen LogP contribution in [0.1, 0.15) is 34.1 Å². The van der Waals surface area contributed by atoms with Crippen molar-refractivity contribution in [3.8, 4) is 0 Å². The summed E-state index contributed by atoms with van der Waals surface area (Å²) in [6.45, 7) is 9.66. The van der Waals surface area contributed by atoms with Gasteiger partial charge in [-0.1, -0.05) is 39.5 Å². The Kier molecular flexibility index (Phi) is 5.52. The zero-order valence-electron chi connectivity index (χ0n) is 11.7. The smallest absolute Gasteiger partial charge is 0.156 e. The quantitative estimate of drug-likeness (QED) is 0.841. The Hall–Kier alpha value is -0.230. The molecule has 0 radical (unpaired) electrons. The maximum absolute atomic E-state index is 11.3. The van der Waals surface area contributed by atoms with Crippen molar-refractivity contribution in [3.63, 3.8) is 0 Å². The van der Waals surface area contributed by atoms with Gasteiger partial charge < -0.3 is 5.32 Å². The number of hydrogen-bond donors (Lipinski definition) is 1. The van der Waals surface area contributed by atoms with Crippen LogP contribution in [0, 0.1) is 5.41 Å². The Morgan fingerprint density at radius 3 is 2.67 bits per heavy atom. The third kappa shape index (κ3) is 6.09. The number of amidine groups is 1. The lowest BCUT2D eigenvalue weighted by atomic mass is 9.90. The Morgan fingerprint density at radius 2 is 2.11 bits per heavy atom. The summed E-state index contributed by atoms with van der Waals surface area (Å²) in [5, 5.41) is 4.54. The van der Waals surface area contributed by atoms with E-state index in [2.05, 4.69) is 31.1 Å². The number of thioether (sulfide) groups is 1. The van der Waals surface area contributed by atoms with Crippen molar-refractivity contribution >= 4 is 26.8 Å². The third-order valence-corrected chi connectivity index (χ3v) is 5.54. The van der Waals surface area contributed by atoms with Crippen molar-refractivity contribution < 1.29 is 8.42 Å². The molecule has 6 heteroatoms. The summed E-state index contributed by atoms with van der Waals surface area (Å²) in [5.41, 5.74) is 0.314. The van der Waals surface area contributed by atoms with Gasteiger partial charge in [0.1, 0.15) is 0 Å². The maximum Gasteiger partial charge on any atom is 0.156 e. The maximum atomic E-state index is 11.3. The van der Waals surface area contributed by atoms with E-state index in [9.17, 15) is 8.42 Å². The first-order valence-electron chi connectivity index (χ1n) is 6.37. The summed E-state index contributed by atoms with van der Waals surface area (Å²) in [5.74, 6) is 0.397.